The van der Waals surface area contributed by atoms with Gasteiger partial charge in [-0.2, -0.15) is 13.2 Å². The van der Waals surface area contributed by atoms with Crippen LogP contribution in [0.1, 0.15) is 31.5 Å². The largest absolute Gasteiger partial charge is 0.416 e. The molecule has 3 amide bonds. The second-order valence-corrected chi connectivity index (χ2v) is 10.1. The molecule has 13 heteroatoms. The molecule has 2 aromatic rings. The van der Waals surface area contributed by atoms with E-state index in [1.54, 1.807) is 13.8 Å². The number of pyridine rings is 1. The number of aromatic nitrogens is 1. The van der Waals surface area contributed by atoms with Gasteiger partial charge in [0.1, 0.15) is 17.7 Å². The fraction of sp³-hybridized carbons (Fsp3) is 0.480. The number of hydrogen-bond acceptors (Lipinski definition) is 5. The van der Waals surface area contributed by atoms with Crippen LogP contribution in [0, 0.1) is 12.7 Å². The maximum absolute atomic E-state index is 13.7. The van der Waals surface area contributed by atoms with Crippen molar-refractivity contribution >= 4 is 35.0 Å². The van der Waals surface area contributed by atoms with Gasteiger partial charge in [0.2, 0.25) is 0 Å². The first-order valence-corrected chi connectivity index (χ1v) is 12.2. The van der Waals surface area contributed by atoms with E-state index >= 15 is 0 Å². The van der Waals surface area contributed by atoms with E-state index in [4.69, 9.17) is 21.1 Å². The highest BCUT2D eigenvalue weighted by molar-refractivity contribution is 6.31. The normalized spacial score (nSPS) is 21.3. The Morgan fingerprint density at radius 2 is 1.97 bits per heavy atom. The van der Waals surface area contributed by atoms with Gasteiger partial charge in [-0.05, 0) is 57.5 Å². The number of amides is 3. The van der Waals surface area contributed by atoms with E-state index in [2.05, 4.69) is 4.98 Å². The highest BCUT2D eigenvalue weighted by atomic mass is 35.5. The molecule has 206 valence electrons. The van der Waals surface area contributed by atoms with Gasteiger partial charge in [-0.15, -0.1) is 0 Å². The third-order valence-electron chi connectivity index (χ3n) is 6.39. The first-order valence-electron chi connectivity index (χ1n) is 11.8. The number of carbonyl (C=O) groups excluding carboxylic acids is 2. The smallest absolute Gasteiger partial charge is 0.348 e. The minimum atomic E-state index is -4.68. The van der Waals surface area contributed by atoms with Crippen LogP contribution in [0.2, 0.25) is 5.02 Å². The molecule has 1 aromatic carbocycles. The molecular formula is C25H27ClF4N4O4. The Morgan fingerprint density at radius 1 is 1.26 bits per heavy atom. The summed E-state index contributed by atoms with van der Waals surface area (Å²) in [5, 5.41) is -0.208. The van der Waals surface area contributed by atoms with Gasteiger partial charge < -0.3 is 19.3 Å². The Hall–Kier alpha value is -2.96. The molecular weight excluding hydrogens is 532 g/mol. The van der Waals surface area contributed by atoms with Crippen molar-refractivity contribution in [3.05, 3.63) is 52.4 Å². The molecule has 8 nitrogen and oxygen atoms in total. The summed E-state index contributed by atoms with van der Waals surface area (Å²) in [5.41, 5.74) is -0.710. The number of carbonyl (C=O) groups is 2. The Labute approximate surface area is 222 Å². The zero-order chi connectivity index (χ0) is 28.0. The third-order valence-corrected chi connectivity index (χ3v) is 6.68. The lowest BCUT2D eigenvalue weighted by atomic mass is 10.1. The van der Waals surface area contributed by atoms with E-state index < -0.39 is 41.3 Å². The highest BCUT2D eigenvalue weighted by Crippen LogP contribution is 2.34. The molecule has 1 unspecified atom stereocenters. The van der Waals surface area contributed by atoms with Crippen LogP contribution in [0.4, 0.5) is 33.9 Å². The predicted octanol–water partition coefficient (Wildman–Crippen LogP) is 5.02. The van der Waals surface area contributed by atoms with E-state index in [-0.39, 0.29) is 41.4 Å². The fourth-order valence-corrected chi connectivity index (χ4v) is 4.65. The molecule has 0 saturated carbocycles. The van der Waals surface area contributed by atoms with Crippen LogP contribution >= 0.6 is 11.6 Å². The summed E-state index contributed by atoms with van der Waals surface area (Å²) in [7, 11) is 1.41. The number of rotatable bonds is 6. The summed E-state index contributed by atoms with van der Waals surface area (Å²) in [6.07, 6.45) is -4.58. The summed E-state index contributed by atoms with van der Waals surface area (Å²) < 4.78 is 65.7. The van der Waals surface area contributed by atoms with Crippen LogP contribution in [0.25, 0.3) is 0 Å². The molecule has 3 heterocycles. The summed E-state index contributed by atoms with van der Waals surface area (Å²) in [5.74, 6) is -2.34. The van der Waals surface area contributed by atoms with E-state index in [1.165, 1.54) is 35.9 Å². The van der Waals surface area contributed by atoms with E-state index in [0.717, 1.165) is 23.1 Å². The van der Waals surface area contributed by atoms with Gasteiger partial charge in [0.25, 0.3) is 5.91 Å². The third kappa shape index (κ3) is 5.87. The van der Waals surface area contributed by atoms with Gasteiger partial charge in [0, 0.05) is 25.0 Å². The second kappa shape index (κ2) is 10.3. The SMILES string of the molecule is Cc1cc(C(F)(F)F)cc(N2C(=O)N(CCC3COC(C)(C)O3)C[C@H]2C(=O)N(C)c2ccc(F)c(Cl)c2)n1. The molecule has 0 bridgehead atoms. The number of ether oxygens (including phenoxy) is 2. The van der Waals surface area contributed by atoms with Crippen LogP contribution in [-0.4, -0.2) is 66.5 Å². The van der Waals surface area contributed by atoms with Crippen molar-refractivity contribution in [2.45, 2.75) is 51.3 Å². The second-order valence-electron chi connectivity index (χ2n) is 9.70. The summed E-state index contributed by atoms with van der Waals surface area (Å²) in [6, 6.07) is 3.42. The average Bonchev–Trinajstić information content (AvgIpc) is 3.35. The predicted molar refractivity (Wildman–Crippen MR) is 132 cm³/mol. The molecule has 2 fully saturated rings. The molecule has 2 saturated heterocycles. The topological polar surface area (TPSA) is 75.2 Å². The van der Waals surface area contributed by atoms with Crippen molar-refractivity contribution in [1.82, 2.24) is 9.88 Å². The lowest BCUT2D eigenvalue weighted by Gasteiger charge is -2.27. The van der Waals surface area contributed by atoms with Gasteiger partial charge in [0.15, 0.2) is 5.79 Å². The summed E-state index contributed by atoms with van der Waals surface area (Å²) >= 11 is 5.87. The number of likely N-dealkylation sites (N-methyl/N-ethyl adjacent to an activating group) is 1. The number of aryl methyl sites for hydroxylation is 1. The summed E-state index contributed by atoms with van der Waals surface area (Å²) in [6.45, 7) is 5.30. The molecule has 1 aromatic heterocycles. The molecule has 0 radical (unpaired) electrons. The molecule has 4 rings (SSSR count). The standard InChI is InChI=1S/C25H27ClF4N4O4/c1-14-9-15(25(28,29)30)10-21(31-14)34-20(22(35)32(4)16-5-6-19(27)18(26)11-16)12-33(23(34)36)8-7-17-13-37-24(2,3)38-17/h5-6,9-11,17,20H,7-8,12-13H2,1-4H3/t17?,20-/m0/s1. The van der Waals surface area contributed by atoms with Crippen molar-refractivity contribution in [3.63, 3.8) is 0 Å². The minimum absolute atomic E-state index is 0.0321. The molecule has 0 N–H and O–H groups in total. The zero-order valence-electron chi connectivity index (χ0n) is 21.2. The molecule has 2 atom stereocenters. The Kier molecular flexibility index (Phi) is 7.61. The van der Waals surface area contributed by atoms with Crippen LogP contribution in [-0.2, 0) is 20.4 Å². The summed E-state index contributed by atoms with van der Waals surface area (Å²) in [4.78, 5) is 34.8. The first-order chi connectivity index (χ1) is 17.7. The lowest BCUT2D eigenvalue weighted by molar-refractivity contribution is -0.139. The van der Waals surface area contributed by atoms with Gasteiger partial charge >= 0.3 is 12.2 Å². The number of urea groups is 1. The van der Waals surface area contributed by atoms with Crippen LogP contribution in [0.3, 0.4) is 0 Å². The monoisotopic (exact) mass is 558 g/mol. The van der Waals surface area contributed by atoms with E-state index in [9.17, 15) is 27.2 Å². The highest BCUT2D eigenvalue weighted by Gasteiger charge is 2.45. The van der Waals surface area contributed by atoms with Gasteiger partial charge in [0.05, 0.1) is 29.8 Å². The number of alkyl halides is 3. The van der Waals surface area contributed by atoms with Crippen LogP contribution in [0.5, 0.6) is 0 Å². The Bertz CT molecular complexity index is 1240. The maximum atomic E-state index is 13.7. The van der Waals surface area contributed by atoms with E-state index in [0.29, 0.717) is 13.0 Å². The van der Waals surface area contributed by atoms with Gasteiger partial charge in [-0.25, -0.2) is 14.2 Å². The van der Waals surface area contributed by atoms with Gasteiger partial charge in [-0.3, -0.25) is 9.69 Å². The number of halogens is 5. The van der Waals surface area contributed by atoms with Gasteiger partial charge in [-0.1, -0.05) is 11.6 Å². The molecule has 38 heavy (non-hydrogen) atoms. The Morgan fingerprint density at radius 3 is 2.58 bits per heavy atom. The number of hydrogen-bond donors (Lipinski definition) is 0. The van der Waals surface area contributed by atoms with Crippen molar-refractivity contribution in [2.75, 3.05) is 36.5 Å². The van der Waals surface area contributed by atoms with Crippen LogP contribution < -0.4 is 9.80 Å². The zero-order valence-corrected chi connectivity index (χ0v) is 21.9. The lowest BCUT2D eigenvalue weighted by Crippen LogP contribution is -2.47. The van der Waals surface area contributed by atoms with Crippen molar-refractivity contribution < 1.29 is 36.6 Å². The molecule has 0 aliphatic carbocycles. The fourth-order valence-electron chi connectivity index (χ4n) is 4.47. The number of nitrogens with zero attached hydrogens (tertiary/aromatic N) is 4. The van der Waals surface area contributed by atoms with E-state index in [1.807, 2.05) is 0 Å². The minimum Gasteiger partial charge on any atom is -0.348 e. The van der Waals surface area contributed by atoms with Crippen molar-refractivity contribution in [1.29, 1.82) is 0 Å². The number of benzene rings is 1. The Balaban J connectivity index is 1.65. The van der Waals surface area contributed by atoms with Crippen LogP contribution in [0.15, 0.2) is 30.3 Å². The van der Waals surface area contributed by atoms with Crippen molar-refractivity contribution in [2.24, 2.45) is 0 Å². The molecule has 2 aliphatic rings. The quantitative estimate of drug-likeness (QED) is 0.466. The maximum Gasteiger partial charge on any atom is 0.416 e. The number of anilines is 2. The average molecular weight is 559 g/mol. The van der Waals surface area contributed by atoms with Crippen molar-refractivity contribution in [3.8, 4) is 0 Å². The first kappa shape index (κ1) is 28.1. The molecule has 0 spiro atoms. The molecule has 2 aliphatic heterocycles.